The zero-order chi connectivity index (χ0) is 22.3. The first-order chi connectivity index (χ1) is 13.5. The summed E-state index contributed by atoms with van der Waals surface area (Å²) in [6, 6.07) is 8.51. The van der Waals surface area contributed by atoms with Gasteiger partial charge in [0.15, 0.2) is 0 Å². The van der Waals surface area contributed by atoms with Gasteiger partial charge in [-0.3, -0.25) is 0 Å². The van der Waals surface area contributed by atoms with Gasteiger partial charge in [0.05, 0.1) is 14.2 Å². The topological polar surface area (TPSA) is 93.1 Å². The zero-order valence-electron chi connectivity index (χ0n) is 17.4. The van der Waals surface area contributed by atoms with E-state index in [1.807, 2.05) is 19.9 Å². The van der Waals surface area contributed by atoms with Crippen molar-refractivity contribution in [1.29, 1.82) is 0 Å². The predicted molar refractivity (Wildman–Crippen MR) is 116 cm³/mol. The van der Waals surface area contributed by atoms with Crippen molar-refractivity contribution >= 4 is 27.9 Å². The number of aromatic carboxylic acids is 2. The van der Waals surface area contributed by atoms with Crippen LogP contribution in [0.25, 0.3) is 0 Å². The van der Waals surface area contributed by atoms with Crippen LogP contribution in [0.2, 0.25) is 0 Å². The first-order valence-electron chi connectivity index (χ1n) is 9.05. The Labute approximate surface area is 179 Å². The molecule has 6 nitrogen and oxygen atoms in total. The highest BCUT2D eigenvalue weighted by Crippen LogP contribution is 2.32. The van der Waals surface area contributed by atoms with E-state index in [2.05, 4.69) is 29.8 Å². The molecule has 0 aromatic heterocycles. The third-order valence-electron chi connectivity index (χ3n) is 4.29. The third kappa shape index (κ3) is 6.49. The van der Waals surface area contributed by atoms with Crippen LogP contribution in [0.5, 0.6) is 11.5 Å². The van der Waals surface area contributed by atoms with Crippen LogP contribution in [0.15, 0.2) is 34.8 Å². The molecule has 0 radical (unpaired) electrons. The summed E-state index contributed by atoms with van der Waals surface area (Å²) in [6.07, 6.45) is 0. The molecule has 158 valence electrons. The number of carbonyl (C=O) groups is 2. The summed E-state index contributed by atoms with van der Waals surface area (Å²) in [5.74, 6) is -0.444. The molecule has 2 aromatic carbocycles. The van der Waals surface area contributed by atoms with Crippen LogP contribution < -0.4 is 9.47 Å². The van der Waals surface area contributed by atoms with Crippen LogP contribution in [-0.4, -0.2) is 36.4 Å². The Kier molecular flexibility index (Phi) is 9.17. The van der Waals surface area contributed by atoms with Crippen molar-refractivity contribution in [3.63, 3.8) is 0 Å². The van der Waals surface area contributed by atoms with Gasteiger partial charge in [0.25, 0.3) is 0 Å². The fourth-order valence-electron chi connectivity index (χ4n) is 2.59. The number of hydrogen-bond donors (Lipinski definition) is 2. The molecule has 0 unspecified atom stereocenters. The lowest BCUT2D eigenvalue weighted by molar-refractivity contribution is 0.0682. The summed E-state index contributed by atoms with van der Waals surface area (Å²) in [5, 5.41) is 17.8. The molecular formula is C22H27BrO6. The summed E-state index contributed by atoms with van der Waals surface area (Å²) in [6.45, 7) is 8.18. The summed E-state index contributed by atoms with van der Waals surface area (Å²) in [4.78, 5) is 21.7. The second-order valence-corrected chi connectivity index (χ2v) is 7.81. The number of carboxylic acids is 2. The highest BCUT2D eigenvalue weighted by Gasteiger charge is 2.16. The van der Waals surface area contributed by atoms with Gasteiger partial charge in [0.1, 0.15) is 22.6 Å². The van der Waals surface area contributed by atoms with Crippen molar-refractivity contribution in [2.75, 3.05) is 14.2 Å². The fraction of sp³-hybridized carbons (Fsp3) is 0.364. The number of rotatable bonds is 6. The molecule has 0 aliphatic rings. The Morgan fingerprint density at radius 2 is 1.34 bits per heavy atom. The summed E-state index contributed by atoms with van der Waals surface area (Å²) < 4.78 is 10.9. The van der Waals surface area contributed by atoms with Crippen LogP contribution in [0, 0.1) is 0 Å². The fourth-order valence-corrected chi connectivity index (χ4v) is 3.39. The van der Waals surface area contributed by atoms with Gasteiger partial charge in [0.2, 0.25) is 0 Å². The van der Waals surface area contributed by atoms with E-state index in [0.717, 1.165) is 15.6 Å². The minimum Gasteiger partial charge on any atom is -0.496 e. The number of hydrogen-bond acceptors (Lipinski definition) is 4. The van der Waals surface area contributed by atoms with Gasteiger partial charge in [-0.1, -0.05) is 49.7 Å². The third-order valence-corrected chi connectivity index (χ3v) is 4.98. The SMILES string of the molecule is COc1cc(C(C)C)c(Br)cc1C(=O)O.COc1cc(C(C)C)ccc1C(=O)O. The number of halogens is 1. The van der Waals surface area contributed by atoms with Gasteiger partial charge in [0, 0.05) is 4.47 Å². The van der Waals surface area contributed by atoms with Crippen molar-refractivity contribution in [2.45, 2.75) is 39.5 Å². The quantitative estimate of drug-likeness (QED) is 0.558. The number of carboxylic acid groups (broad SMARTS) is 2. The lowest BCUT2D eigenvalue weighted by Crippen LogP contribution is -2.02. The van der Waals surface area contributed by atoms with Gasteiger partial charge in [-0.05, 0) is 47.2 Å². The molecule has 0 bridgehead atoms. The lowest BCUT2D eigenvalue weighted by atomic mass is 10.0. The van der Waals surface area contributed by atoms with Crippen LogP contribution in [0.1, 0.15) is 71.4 Å². The molecule has 29 heavy (non-hydrogen) atoms. The van der Waals surface area contributed by atoms with Gasteiger partial charge >= 0.3 is 11.9 Å². The van der Waals surface area contributed by atoms with Gasteiger partial charge in [-0.25, -0.2) is 9.59 Å². The van der Waals surface area contributed by atoms with E-state index >= 15 is 0 Å². The second-order valence-electron chi connectivity index (χ2n) is 6.95. The molecule has 0 aliphatic carbocycles. The molecule has 2 N–H and O–H groups in total. The van der Waals surface area contributed by atoms with E-state index in [1.54, 1.807) is 24.3 Å². The zero-order valence-corrected chi connectivity index (χ0v) is 19.0. The van der Waals surface area contributed by atoms with Crippen molar-refractivity contribution in [3.05, 3.63) is 57.1 Å². The van der Waals surface area contributed by atoms with E-state index < -0.39 is 11.9 Å². The van der Waals surface area contributed by atoms with Crippen molar-refractivity contribution in [1.82, 2.24) is 0 Å². The van der Waals surface area contributed by atoms with E-state index in [4.69, 9.17) is 19.7 Å². The van der Waals surface area contributed by atoms with Gasteiger partial charge in [-0.15, -0.1) is 0 Å². The molecule has 0 heterocycles. The monoisotopic (exact) mass is 466 g/mol. The van der Waals surface area contributed by atoms with E-state index in [-0.39, 0.29) is 11.1 Å². The van der Waals surface area contributed by atoms with Crippen molar-refractivity contribution in [3.8, 4) is 11.5 Å². The molecule has 7 heteroatoms. The molecule has 0 aliphatic heterocycles. The van der Waals surface area contributed by atoms with E-state index in [1.165, 1.54) is 14.2 Å². The molecule has 0 spiro atoms. The Balaban J connectivity index is 0.000000291. The molecule has 0 fully saturated rings. The molecule has 2 rings (SSSR count). The van der Waals surface area contributed by atoms with E-state index in [9.17, 15) is 9.59 Å². The Bertz CT molecular complexity index is 874. The first-order valence-corrected chi connectivity index (χ1v) is 9.84. The highest BCUT2D eigenvalue weighted by atomic mass is 79.9. The van der Waals surface area contributed by atoms with Gasteiger partial charge in [-0.2, -0.15) is 0 Å². The summed E-state index contributed by atoms with van der Waals surface area (Å²) in [7, 11) is 2.95. The largest absolute Gasteiger partial charge is 0.496 e. The summed E-state index contributed by atoms with van der Waals surface area (Å²) >= 11 is 3.36. The first kappa shape index (κ1) is 24.5. The molecule has 0 saturated carbocycles. The van der Waals surface area contributed by atoms with Crippen LogP contribution in [-0.2, 0) is 0 Å². The smallest absolute Gasteiger partial charge is 0.339 e. The average Bonchev–Trinajstić information content (AvgIpc) is 2.67. The molecule has 2 aromatic rings. The maximum Gasteiger partial charge on any atom is 0.339 e. The predicted octanol–water partition coefficient (Wildman–Crippen LogP) is 5.80. The molecule has 0 saturated heterocycles. The van der Waals surface area contributed by atoms with Crippen LogP contribution in [0.4, 0.5) is 0 Å². The molecule has 0 amide bonds. The maximum absolute atomic E-state index is 10.9. The Morgan fingerprint density at radius 1 is 0.828 bits per heavy atom. The van der Waals surface area contributed by atoms with Gasteiger partial charge < -0.3 is 19.7 Å². The normalized spacial score (nSPS) is 10.4. The molecule has 0 atom stereocenters. The summed E-state index contributed by atoms with van der Waals surface area (Å²) in [5.41, 5.74) is 2.49. The number of methoxy groups -OCH3 is 2. The Morgan fingerprint density at radius 3 is 1.76 bits per heavy atom. The van der Waals surface area contributed by atoms with Crippen molar-refractivity contribution in [2.24, 2.45) is 0 Å². The molecular weight excluding hydrogens is 440 g/mol. The maximum atomic E-state index is 10.9. The minimum absolute atomic E-state index is 0.175. The van der Waals surface area contributed by atoms with Crippen molar-refractivity contribution < 1.29 is 29.3 Å². The number of ether oxygens (including phenoxy) is 2. The Hall–Kier alpha value is -2.54. The lowest BCUT2D eigenvalue weighted by Gasteiger charge is -2.12. The van der Waals surface area contributed by atoms with Crippen LogP contribution in [0.3, 0.4) is 0 Å². The minimum atomic E-state index is -0.983. The second kappa shape index (κ2) is 10.9. The average molecular weight is 467 g/mol. The van der Waals surface area contributed by atoms with Crippen LogP contribution >= 0.6 is 15.9 Å². The standard InChI is InChI=1S/C11H13BrO3.C11H14O3/c1-6(2)7-5-10(15-3)8(11(13)14)4-9(7)12;1-7(2)8-4-5-9(11(12)13)10(6-8)14-3/h4-6H,1-3H3,(H,13,14);4-7H,1-3H3,(H,12,13). The number of benzene rings is 2. The van der Waals surface area contributed by atoms with E-state index in [0.29, 0.717) is 23.3 Å². The highest BCUT2D eigenvalue weighted by molar-refractivity contribution is 9.10.